The molecule has 0 spiro atoms. The number of aliphatic hydroxyl groups is 5. The molecule has 14 heteroatoms. The van der Waals surface area contributed by atoms with Gasteiger partial charge in [0.1, 0.15) is 30.7 Å². The molecular weight excluding hydrogens is 436 g/mol. The van der Waals surface area contributed by atoms with Crippen molar-refractivity contribution in [2.45, 2.75) is 42.7 Å². The van der Waals surface area contributed by atoms with Crippen LogP contribution < -0.4 is 10.1 Å². The van der Waals surface area contributed by atoms with Gasteiger partial charge in [0.05, 0.1) is 37.2 Å². The first kappa shape index (κ1) is 25.4. The van der Waals surface area contributed by atoms with Gasteiger partial charge in [-0.25, -0.2) is 4.79 Å². The Morgan fingerprint density at radius 1 is 1.31 bits per heavy atom. The molecule has 0 aromatic heterocycles. The second-order valence-electron chi connectivity index (χ2n) is 6.94. The summed E-state index contributed by atoms with van der Waals surface area (Å²) in [4.78, 5) is 34.4. The first-order valence-corrected chi connectivity index (χ1v) is 9.33. The van der Waals surface area contributed by atoms with Crippen molar-refractivity contribution in [1.29, 1.82) is 0 Å². The van der Waals surface area contributed by atoms with Crippen LogP contribution in [0.25, 0.3) is 0 Å². The Morgan fingerprint density at radius 3 is 2.44 bits per heavy atom. The van der Waals surface area contributed by atoms with E-state index in [2.05, 4.69) is 5.32 Å². The third-order valence-electron chi connectivity index (χ3n) is 4.79. The van der Waals surface area contributed by atoms with E-state index in [4.69, 9.17) is 19.3 Å². The average molecular weight is 460 g/mol. The predicted molar refractivity (Wildman–Crippen MR) is 102 cm³/mol. The maximum atomic E-state index is 12.6. The van der Waals surface area contributed by atoms with Gasteiger partial charge in [0.2, 0.25) is 5.91 Å². The van der Waals surface area contributed by atoms with Gasteiger partial charge in [0.15, 0.2) is 0 Å². The van der Waals surface area contributed by atoms with E-state index in [0.29, 0.717) is 0 Å². The Balaban J connectivity index is 2.44. The zero-order valence-corrected chi connectivity index (χ0v) is 16.9. The van der Waals surface area contributed by atoms with Crippen molar-refractivity contribution < 1.29 is 54.3 Å². The van der Waals surface area contributed by atoms with Gasteiger partial charge in [0, 0.05) is 12.1 Å². The molecule has 2 rings (SSSR count). The molecule has 1 heterocycles. The fourth-order valence-corrected chi connectivity index (χ4v) is 3.20. The lowest BCUT2D eigenvalue weighted by molar-refractivity contribution is -0.384. The van der Waals surface area contributed by atoms with E-state index in [1.807, 2.05) is 0 Å². The number of rotatable bonds is 9. The van der Waals surface area contributed by atoms with Crippen LogP contribution in [0.2, 0.25) is 0 Å². The van der Waals surface area contributed by atoms with Crippen LogP contribution in [0.5, 0.6) is 5.75 Å². The van der Waals surface area contributed by atoms with Crippen molar-refractivity contribution >= 4 is 17.6 Å². The SMILES string of the molecule is COC(=O)[C@@]1(Oc2ccc([N+](=O)[O-])cc2)C[C@@H](O)[C@@H](NC(=O)CO)C([C@H](O)[C@H](O)CO)O1. The van der Waals surface area contributed by atoms with Gasteiger partial charge in [-0.1, -0.05) is 0 Å². The van der Waals surface area contributed by atoms with Crippen LogP contribution in [0.15, 0.2) is 24.3 Å². The zero-order chi connectivity index (χ0) is 24.1. The van der Waals surface area contributed by atoms with Crippen molar-refractivity contribution in [1.82, 2.24) is 5.32 Å². The van der Waals surface area contributed by atoms with E-state index in [1.165, 1.54) is 0 Å². The number of non-ortho nitro benzene ring substituents is 1. The van der Waals surface area contributed by atoms with Crippen LogP contribution in [0, 0.1) is 10.1 Å². The molecule has 1 unspecified atom stereocenters. The molecule has 1 amide bonds. The number of nitro groups is 1. The van der Waals surface area contributed by atoms with Crippen molar-refractivity contribution in [2.24, 2.45) is 0 Å². The Bertz CT molecular complexity index is 819. The fraction of sp³-hybridized carbons (Fsp3) is 0.556. The summed E-state index contributed by atoms with van der Waals surface area (Å²) in [7, 11) is 0.993. The molecule has 1 aliphatic heterocycles. The van der Waals surface area contributed by atoms with Gasteiger partial charge in [0.25, 0.3) is 5.69 Å². The second kappa shape index (κ2) is 10.6. The average Bonchev–Trinajstić information content (AvgIpc) is 2.79. The molecule has 1 aliphatic rings. The van der Waals surface area contributed by atoms with E-state index in [9.17, 15) is 40.1 Å². The van der Waals surface area contributed by atoms with Crippen LogP contribution in [0.3, 0.4) is 0 Å². The molecule has 32 heavy (non-hydrogen) atoms. The zero-order valence-electron chi connectivity index (χ0n) is 16.9. The van der Waals surface area contributed by atoms with E-state index in [0.717, 1.165) is 31.4 Å². The molecule has 1 aromatic rings. The highest BCUT2D eigenvalue weighted by atomic mass is 16.7. The summed E-state index contributed by atoms with van der Waals surface area (Å²) in [6.45, 7) is -1.89. The number of nitrogens with one attached hydrogen (secondary N) is 1. The van der Waals surface area contributed by atoms with Gasteiger partial charge < -0.3 is 45.1 Å². The van der Waals surface area contributed by atoms with Gasteiger partial charge in [-0.2, -0.15) is 0 Å². The Hall–Kier alpha value is -2.88. The lowest BCUT2D eigenvalue weighted by atomic mass is 9.88. The highest BCUT2D eigenvalue weighted by Gasteiger charge is 2.57. The van der Waals surface area contributed by atoms with Gasteiger partial charge in [-0.15, -0.1) is 0 Å². The maximum Gasteiger partial charge on any atom is 0.379 e. The molecule has 14 nitrogen and oxygen atoms in total. The fourth-order valence-electron chi connectivity index (χ4n) is 3.20. The molecule has 0 aliphatic carbocycles. The number of carbonyl (C=O) groups is 2. The third-order valence-corrected chi connectivity index (χ3v) is 4.79. The number of esters is 1. The molecule has 6 atom stereocenters. The smallest absolute Gasteiger partial charge is 0.379 e. The first-order valence-electron chi connectivity index (χ1n) is 9.33. The van der Waals surface area contributed by atoms with Gasteiger partial charge >= 0.3 is 11.8 Å². The summed E-state index contributed by atoms with van der Waals surface area (Å²) in [5.41, 5.74) is -0.264. The third kappa shape index (κ3) is 5.48. The summed E-state index contributed by atoms with van der Waals surface area (Å²) in [6, 6.07) is 3.07. The van der Waals surface area contributed by atoms with Crippen LogP contribution >= 0.6 is 0 Å². The topological polar surface area (TPSA) is 218 Å². The lowest BCUT2D eigenvalue weighted by Gasteiger charge is -2.46. The first-order chi connectivity index (χ1) is 15.1. The van der Waals surface area contributed by atoms with E-state index in [1.54, 1.807) is 0 Å². The molecule has 0 saturated carbocycles. The molecule has 1 aromatic carbocycles. The molecule has 0 bridgehead atoms. The number of amides is 1. The van der Waals surface area contributed by atoms with Crippen LogP contribution in [-0.2, 0) is 19.1 Å². The summed E-state index contributed by atoms with van der Waals surface area (Å²) in [6.07, 6.45) is -7.70. The monoisotopic (exact) mass is 460 g/mol. The number of hydrogen-bond donors (Lipinski definition) is 6. The molecule has 1 fully saturated rings. The lowest BCUT2D eigenvalue weighted by Crippen LogP contribution is -2.69. The number of benzene rings is 1. The van der Waals surface area contributed by atoms with E-state index in [-0.39, 0.29) is 11.4 Å². The molecule has 178 valence electrons. The number of ether oxygens (including phenoxy) is 3. The maximum absolute atomic E-state index is 12.6. The largest absolute Gasteiger partial charge is 0.464 e. The van der Waals surface area contributed by atoms with Crippen LogP contribution in [-0.4, -0.2) is 98.9 Å². The Labute approximate surface area is 181 Å². The molecule has 6 N–H and O–H groups in total. The highest BCUT2D eigenvalue weighted by molar-refractivity contribution is 5.79. The van der Waals surface area contributed by atoms with E-state index < -0.39 is 72.7 Å². The quantitative estimate of drug-likeness (QED) is 0.125. The Kier molecular flexibility index (Phi) is 8.43. The number of methoxy groups -OCH3 is 1. The summed E-state index contributed by atoms with van der Waals surface area (Å²) in [5.74, 6) is -4.60. The minimum absolute atomic E-state index is 0.0954. The standard InChI is InChI=1S/C18H24N2O12/c1-30-17(27)18(31-10-4-2-9(3-5-10)20(28)29)6-11(23)14(19-13(25)8-22)16(32-18)15(26)12(24)7-21/h2-5,11-12,14-16,21-24,26H,6-8H2,1H3,(H,19,25)/t11-,12-,14-,15-,16?,18-/m1/s1. The summed E-state index contributed by atoms with van der Waals surface area (Å²) >= 11 is 0. The van der Waals surface area contributed by atoms with Crippen LogP contribution in [0.1, 0.15) is 6.42 Å². The van der Waals surface area contributed by atoms with Crippen molar-refractivity contribution in [3.63, 3.8) is 0 Å². The molecule has 1 saturated heterocycles. The number of nitro benzene ring substituents is 1. The minimum Gasteiger partial charge on any atom is -0.464 e. The van der Waals surface area contributed by atoms with Crippen molar-refractivity contribution in [2.75, 3.05) is 20.3 Å². The van der Waals surface area contributed by atoms with Crippen molar-refractivity contribution in [3.05, 3.63) is 34.4 Å². The minimum atomic E-state index is -2.40. The molecule has 0 radical (unpaired) electrons. The molecular formula is C18H24N2O12. The van der Waals surface area contributed by atoms with Gasteiger partial charge in [-0.05, 0) is 12.1 Å². The number of aliphatic hydroxyl groups excluding tert-OH is 5. The summed E-state index contributed by atoms with van der Waals surface area (Å²) in [5, 5.41) is 62.1. The van der Waals surface area contributed by atoms with Crippen LogP contribution in [0.4, 0.5) is 5.69 Å². The highest BCUT2D eigenvalue weighted by Crippen LogP contribution is 2.35. The predicted octanol–water partition coefficient (Wildman–Crippen LogP) is -2.82. The second-order valence-corrected chi connectivity index (χ2v) is 6.94. The van der Waals surface area contributed by atoms with Gasteiger partial charge in [-0.3, -0.25) is 14.9 Å². The normalized spacial score (nSPS) is 27.1. The number of carbonyl (C=O) groups excluding carboxylic acids is 2. The summed E-state index contributed by atoms with van der Waals surface area (Å²) < 4.78 is 15.9. The number of nitrogens with zero attached hydrogens (tertiary/aromatic N) is 1. The van der Waals surface area contributed by atoms with E-state index >= 15 is 0 Å². The van der Waals surface area contributed by atoms with Crippen molar-refractivity contribution in [3.8, 4) is 5.75 Å². The Morgan fingerprint density at radius 2 is 1.94 bits per heavy atom. The number of hydrogen-bond acceptors (Lipinski definition) is 12.